The Morgan fingerprint density at radius 3 is 2.32 bits per heavy atom. The Hall–Kier alpha value is -2.54. The lowest BCUT2D eigenvalue weighted by Crippen LogP contribution is -2.08. The summed E-state index contributed by atoms with van der Waals surface area (Å²) in [5.41, 5.74) is 4.41. The van der Waals surface area contributed by atoms with Gasteiger partial charge >= 0.3 is 0 Å². The minimum Gasteiger partial charge on any atom is -0.755 e. The normalized spacial score (nSPS) is 13.1. The summed E-state index contributed by atoms with van der Waals surface area (Å²) in [5, 5.41) is 9.47. The molecule has 0 radical (unpaired) electrons. The number of anilines is 1. The molecule has 2 unspecified atom stereocenters. The van der Waals surface area contributed by atoms with Crippen molar-refractivity contribution in [1.29, 1.82) is 0 Å². The van der Waals surface area contributed by atoms with Crippen LogP contribution in [-0.2, 0) is 30.7 Å². The monoisotopic (exact) mass is 398 g/mol. The van der Waals surface area contributed by atoms with Gasteiger partial charge in [-0.15, -0.1) is 0 Å². The Morgan fingerprint density at radius 1 is 0.929 bits per heavy atom. The highest BCUT2D eigenvalue weighted by atomic mass is 32.2. The van der Waals surface area contributed by atoms with Crippen LogP contribution < -0.4 is 4.72 Å². The van der Waals surface area contributed by atoms with Gasteiger partial charge in [0.15, 0.2) is 0 Å². The van der Waals surface area contributed by atoms with Crippen LogP contribution in [0.2, 0.25) is 0 Å². The van der Waals surface area contributed by atoms with Gasteiger partial charge in [0.25, 0.3) is 0 Å². The molecule has 2 N–H and O–H groups in total. The van der Waals surface area contributed by atoms with Crippen molar-refractivity contribution in [2.45, 2.75) is 25.4 Å². The maximum Gasteiger partial charge on any atom is 0.123 e. The van der Waals surface area contributed by atoms with Crippen molar-refractivity contribution in [2.75, 3.05) is 4.72 Å². The van der Waals surface area contributed by atoms with Crippen LogP contribution in [0.15, 0.2) is 72.8 Å². The Bertz CT molecular complexity index is 947. The number of hydrogen-bond donors (Lipinski definition) is 2. The Morgan fingerprint density at radius 2 is 1.61 bits per heavy atom. The number of hydrogen-bond acceptors (Lipinski definition) is 3. The van der Waals surface area contributed by atoms with E-state index in [1.54, 1.807) is 18.2 Å². The van der Waals surface area contributed by atoms with Gasteiger partial charge in [-0.25, -0.2) is 4.39 Å². The second-order valence-electron chi connectivity index (χ2n) is 6.67. The first-order valence-corrected chi connectivity index (χ1v) is 10.00. The lowest BCUT2D eigenvalue weighted by Gasteiger charge is -2.19. The van der Waals surface area contributed by atoms with E-state index in [0.29, 0.717) is 18.5 Å². The third-order valence-corrected chi connectivity index (χ3v) is 5.01. The van der Waals surface area contributed by atoms with Crippen LogP contribution in [0.1, 0.15) is 28.2 Å². The first-order chi connectivity index (χ1) is 13.5. The molecule has 28 heavy (non-hydrogen) atoms. The maximum atomic E-state index is 13.3. The fourth-order valence-electron chi connectivity index (χ4n) is 3.30. The van der Waals surface area contributed by atoms with E-state index in [1.807, 2.05) is 42.5 Å². The van der Waals surface area contributed by atoms with Gasteiger partial charge in [-0.1, -0.05) is 48.5 Å². The minimum atomic E-state index is -2.37. The van der Waals surface area contributed by atoms with E-state index in [1.165, 1.54) is 12.1 Å². The molecule has 0 aliphatic heterocycles. The first kappa shape index (κ1) is 20.2. The van der Waals surface area contributed by atoms with Crippen molar-refractivity contribution in [3.63, 3.8) is 0 Å². The molecule has 0 aliphatic rings. The number of rotatable bonds is 8. The smallest absolute Gasteiger partial charge is 0.123 e. The van der Waals surface area contributed by atoms with Crippen LogP contribution in [0.4, 0.5) is 10.1 Å². The molecule has 0 bridgehead atoms. The number of benzene rings is 3. The Labute approximate surface area is 166 Å². The molecule has 3 aromatic carbocycles. The largest absolute Gasteiger partial charge is 0.755 e. The molecular weight excluding hydrogens is 377 g/mol. The van der Waals surface area contributed by atoms with Crippen molar-refractivity contribution in [2.24, 2.45) is 0 Å². The molecule has 6 heteroatoms. The summed E-state index contributed by atoms with van der Waals surface area (Å²) >= 11 is -2.37. The van der Waals surface area contributed by atoms with Gasteiger partial charge in [0.05, 0.1) is 6.61 Å². The van der Waals surface area contributed by atoms with Gasteiger partial charge < -0.3 is 14.4 Å². The van der Waals surface area contributed by atoms with Crippen molar-refractivity contribution in [3.05, 3.63) is 101 Å². The van der Waals surface area contributed by atoms with Crippen LogP contribution >= 0.6 is 0 Å². The first-order valence-electron chi connectivity index (χ1n) is 8.92. The SMILES string of the molecule is O=S([O-])Nc1cccc(CC(Cc2ccc(F)cc2)c2cccc(CO)c2)c1. The highest BCUT2D eigenvalue weighted by Gasteiger charge is 2.15. The number of aliphatic hydroxyl groups is 1. The summed E-state index contributed by atoms with van der Waals surface area (Å²) in [5.74, 6) is -0.183. The molecule has 0 fully saturated rings. The number of aliphatic hydroxyl groups excluding tert-OH is 1. The molecule has 146 valence electrons. The molecule has 3 aromatic rings. The van der Waals surface area contributed by atoms with Gasteiger partial charge in [0, 0.05) is 17.0 Å². The van der Waals surface area contributed by atoms with Gasteiger partial charge in [-0.3, -0.25) is 4.21 Å². The van der Waals surface area contributed by atoms with Crippen LogP contribution in [0.25, 0.3) is 0 Å². The fourth-order valence-corrected chi connectivity index (χ4v) is 3.62. The third kappa shape index (κ3) is 5.73. The van der Waals surface area contributed by atoms with E-state index in [9.17, 15) is 18.3 Å². The molecule has 0 saturated heterocycles. The summed E-state index contributed by atoms with van der Waals surface area (Å²) in [6, 6.07) is 21.5. The standard InChI is InChI=1S/C22H22FNO3S/c23-21-9-7-16(8-10-21)11-20(19-5-1-4-18(13-19)15-25)12-17-3-2-6-22(14-17)24-28(26)27/h1-10,13-14,20,24-25H,11-12,15H2,(H,26,27)/p-1. The Kier molecular flexibility index (Phi) is 6.92. The number of halogens is 1. The van der Waals surface area contributed by atoms with E-state index < -0.39 is 11.3 Å². The van der Waals surface area contributed by atoms with Crippen molar-refractivity contribution in [1.82, 2.24) is 0 Å². The van der Waals surface area contributed by atoms with E-state index in [0.717, 1.165) is 22.3 Å². The third-order valence-electron chi connectivity index (χ3n) is 4.61. The zero-order chi connectivity index (χ0) is 19.9. The molecular formula is C22H21FNO3S-. The fraction of sp³-hybridized carbons (Fsp3) is 0.182. The molecule has 0 aliphatic carbocycles. The molecule has 0 heterocycles. The highest BCUT2D eigenvalue weighted by molar-refractivity contribution is 7.80. The quantitative estimate of drug-likeness (QED) is 0.561. The van der Waals surface area contributed by atoms with Crippen molar-refractivity contribution < 1.29 is 18.3 Å². The molecule has 4 nitrogen and oxygen atoms in total. The van der Waals surface area contributed by atoms with Gasteiger partial charge in [0.1, 0.15) is 5.82 Å². The molecule has 0 saturated carbocycles. The topological polar surface area (TPSA) is 72.4 Å². The lowest BCUT2D eigenvalue weighted by atomic mass is 9.86. The predicted molar refractivity (Wildman–Crippen MR) is 108 cm³/mol. The van der Waals surface area contributed by atoms with Crippen LogP contribution in [0.5, 0.6) is 0 Å². The predicted octanol–water partition coefficient (Wildman–Crippen LogP) is 4.09. The average molecular weight is 398 g/mol. The van der Waals surface area contributed by atoms with Crippen molar-refractivity contribution in [3.8, 4) is 0 Å². The van der Waals surface area contributed by atoms with E-state index in [-0.39, 0.29) is 18.3 Å². The summed E-state index contributed by atoms with van der Waals surface area (Å²) in [4.78, 5) is 0. The maximum absolute atomic E-state index is 13.3. The van der Waals surface area contributed by atoms with Gasteiger partial charge in [0.2, 0.25) is 0 Å². The summed E-state index contributed by atoms with van der Waals surface area (Å²) in [6.45, 7) is -0.0359. The minimum absolute atomic E-state index is 0.0359. The van der Waals surface area contributed by atoms with Gasteiger partial charge in [-0.2, -0.15) is 0 Å². The van der Waals surface area contributed by atoms with E-state index in [4.69, 9.17) is 0 Å². The molecule has 0 spiro atoms. The van der Waals surface area contributed by atoms with Crippen LogP contribution in [0, 0.1) is 5.82 Å². The highest BCUT2D eigenvalue weighted by Crippen LogP contribution is 2.27. The molecule has 2 atom stereocenters. The number of nitrogens with one attached hydrogen (secondary N) is 1. The summed E-state index contributed by atoms with van der Waals surface area (Å²) in [7, 11) is 0. The second kappa shape index (κ2) is 9.59. The second-order valence-corrected chi connectivity index (χ2v) is 7.35. The lowest BCUT2D eigenvalue weighted by molar-refractivity contribution is 0.281. The molecule has 0 aromatic heterocycles. The van der Waals surface area contributed by atoms with Gasteiger partial charge in [-0.05, 0) is 65.3 Å². The summed E-state index contributed by atoms with van der Waals surface area (Å²) < 4.78 is 37.4. The molecule has 3 rings (SSSR count). The zero-order valence-electron chi connectivity index (χ0n) is 15.2. The summed E-state index contributed by atoms with van der Waals surface area (Å²) in [6.07, 6.45) is 1.37. The van der Waals surface area contributed by atoms with Crippen molar-refractivity contribution >= 4 is 17.0 Å². The molecule has 0 amide bonds. The average Bonchev–Trinajstić information content (AvgIpc) is 2.69. The van der Waals surface area contributed by atoms with Crippen LogP contribution in [0.3, 0.4) is 0 Å². The van der Waals surface area contributed by atoms with Crippen LogP contribution in [-0.4, -0.2) is 13.9 Å². The Balaban J connectivity index is 1.89. The zero-order valence-corrected chi connectivity index (χ0v) is 16.0. The van der Waals surface area contributed by atoms with E-state index >= 15 is 0 Å². The van der Waals surface area contributed by atoms with E-state index in [2.05, 4.69) is 4.72 Å².